The molecule has 0 aliphatic carbocycles. The molecule has 2 rings (SSSR count). The second-order valence-electron chi connectivity index (χ2n) is 4.63. The zero-order valence-corrected chi connectivity index (χ0v) is 11.0. The summed E-state index contributed by atoms with van der Waals surface area (Å²) in [6, 6.07) is 5.87. The standard InChI is InChI=1S/C14H21NO3/c1-10(15)11-3-4-13(14(9-11)16-2)18-12-5-7-17-8-6-12/h3-4,9-10,12H,5-8,15H2,1-2H3/t10-/m1/s1. The quantitative estimate of drug-likeness (QED) is 0.892. The summed E-state index contributed by atoms with van der Waals surface area (Å²) in [6.07, 6.45) is 2.07. The van der Waals surface area contributed by atoms with Crippen LogP contribution in [0.5, 0.6) is 11.5 Å². The highest BCUT2D eigenvalue weighted by atomic mass is 16.5. The van der Waals surface area contributed by atoms with Crippen LogP contribution in [-0.2, 0) is 4.74 Å². The smallest absolute Gasteiger partial charge is 0.161 e. The highest BCUT2D eigenvalue weighted by molar-refractivity contribution is 5.43. The van der Waals surface area contributed by atoms with E-state index in [1.165, 1.54) is 0 Å². The topological polar surface area (TPSA) is 53.7 Å². The number of rotatable bonds is 4. The molecule has 1 saturated heterocycles. The molecule has 18 heavy (non-hydrogen) atoms. The lowest BCUT2D eigenvalue weighted by molar-refractivity contribution is 0.0245. The van der Waals surface area contributed by atoms with Gasteiger partial charge >= 0.3 is 0 Å². The minimum Gasteiger partial charge on any atom is -0.493 e. The van der Waals surface area contributed by atoms with Crippen LogP contribution in [0.25, 0.3) is 0 Å². The minimum absolute atomic E-state index is 0.00368. The molecule has 1 aromatic rings. The maximum atomic E-state index is 5.97. The van der Waals surface area contributed by atoms with Crippen molar-refractivity contribution < 1.29 is 14.2 Å². The van der Waals surface area contributed by atoms with Crippen LogP contribution in [-0.4, -0.2) is 26.4 Å². The maximum Gasteiger partial charge on any atom is 0.161 e. The van der Waals surface area contributed by atoms with Gasteiger partial charge in [0, 0.05) is 18.9 Å². The number of nitrogens with two attached hydrogens (primary N) is 1. The summed E-state index contributed by atoms with van der Waals surface area (Å²) in [6.45, 7) is 3.49. The normalized spacial score (nSPS) is 18.4. The van der Waals surface area contributed by atoms with Crippen molar-refractivity contribution in [2.45, 2.75) is 31.9 Å². The monoisotopic (exact) mass is 251 g/mol. The first kappa shape index (κ1) is 13.2. The molecular formula is C14H21NO3. The second-order valence-corrected chi connectivity index (χ2v) is 4.63. The molecule has 1 fully saturated rings. The Kier molecular flexibility index (Phi) is 4.44. The molecule has 4 heteroatoms. The predicted octanol–water partition coefficient (Wildman–Crippen LogP) is 2.27. The van der Waals surface area contributed by atoms with Crippen molar-refractivity contribution in [3.05, 3.63) is 23.8 Å². The van der Waals surface area contributed by atoms with Crippen molar-refractivity contribution in [3.63, 3.8) is 0 Å². The fraction of sp³-hybridized carbons (Fsp3) is 0.571. The third kappa shape index (κ3) is 3.15. The van der Waals surface area contributed by atoms with Crippen molar-refractivity contribution >= 4 is 0 Å². The first-order valence-corrected chi connectivity index (χ1v) is 6.38. The molecule has 2 N–H and O–H groups in total. The van der Waals surface area contributed by atoms with E-state index in [4.69, 9.17) is 19.9 Å². The fourth-order valence-corrected chi connectivity index (χ4v) is 2.04. The van der Waals surface area contributed by atoms with Crippen molar-refractivity contribution in [1.82, 2.24) is 0 Å². The van der Waals surface area contributed by atoms with E-state index in [0.717, 1.165) is 43.1 Å². The number of ether oxygens (including phenoxy) is 3. The summed E-state index contributed by atoms with van der Waals surface area (Å²) < 4.78 is 16.6. The predicted molar refractivity (Wildman–Crippen MR) is 70.1 cm³/mol. The van der Waals surface area contributed by atoms with Crippen LogP contribution in [0.2, 0.25) is 0 Å². The Labute approximate surface area is 108 Å². The van der Waals surface area contributed by atoms with E-state index < -0.39 is 0 Å². The molecule has 0 aromatic heterocycles. The van der Waals surface area contributed by atoms with Crippen LogP contribution in [0.15, 0.2) is 18.2 Å². The molecule has 100 valence electrons. The summed E-state index contributed by atoms with van der Waals surface area (Å²) in [4.78, 5) is 0. The van der Waals surface area contributed by atoms with Gasteiger partial charge in [-0.3, -0.25) is 0 Å². The molecule has 0 bridgehead atoms. The molecule has 1 atom stereocenters. The first-order valence-electron chi connectivity index (χ1n) is 6.38. The van der Waals surface area contributed by atoms with E-state index in [1.54, 1.807) is 7.11 Å². The van der Waals surface area contributed by atoms with Gasteiger partial charge in [-0.2, -0.15) is 0 Å². The molecule has 0 amide bonds. The SMILES string of the molecule is COc1cc([C@@H](C)N)ccc1OC1CCOCC1. The maximum absolute atomic E-state index is 5.97. The summed E-state index contributed by atoms with van der Waals surface area (Å²) in [5.74, 6) is 1.53. The molecule has 1 aromatic carbocycles. The average Bonchev–Trinajstić information content (AvgIpc) is 2.40. The largest absolute Gasteiger partial charge is 0.493 e. The van der Waals surface area contributed by atoms with Gasteiger partial charge in [-0.15, -0.1) is 0 Å². The molecule has 0 radical (unpaired) electrons. The number of benzene rings is 1. The van der Waals surface area contributed by atoms with Crippen molar-refractivity contribution in [2.24, 2.45) is 5.73 Å². The number of hydrogen-bond donors (Lipinski definition) is 1. The van der Waals surface area contributed by atoms with E-state index in [-0.39, 0.29) is 12.1 Å². The van der Waals surface area contributed by atoms with Gasteiger partial charge in [-0.1, -0.05) is 6.07 Å². The summed E-state index contributed by atoms with van der Waals surface area (Å²) >= 11 is 0. The lowest BCUT2D eigenvalue weighted by Gasteiger charge is -2.24. The van der Waals surface area contributed by atoms with Crippen LogP contribution in [0.1, 0.15) is 31.4 Å². The average molecular weight is 251 g/mol. The summed E-state index contributed by atoms with van der Waals surface area (Å²) in [5, 5.41) is 0. The van der Waals surface area contributed by atoms with Gasteiger partial charge in [0.25, 0.3) is 0 Å². The van der Waals surface area contributed by atoms with E-state index in [9.17, 15) is 0 Å². The minimum atomic E-state index is -0.00368. The molecule has 4 nitrogen and oxygen atoms in total. The highest BCUT2D eigenvalue weighted by Gasteiger charge is 2.17. The lowest BCUT2D eigenvalue weighted by Crippen LogP contribution is -2.26. The number of methoxy groups -OCH3 is 1. The third-order valence-electron chi connectivity index (χ3n) is 3.18. The Bertz CT molecular complexity index is 387. The lowest BCUT2D eigenvalue weighted by atomic mass is 10.1. The van der Waals surface area contributed by atoms with E-state index in [0.29, 0.717) is 0 Å². The van der Waals surface area contributed by atoms with Gasteiger partial charge in [0.2, 0.25) is 0 Å². The van der Waals surface area contributed by atoms with Gasteiger partial charge < -0.3 is 19.9 Å². The van der Waals surface area contributed by atoms with Crippen molar-refractivity contribution in [3.8, 4) is 11.5 Å². The Balaban J connectivity index is 2.11. The second kappa shape index (κ2) is 6.07. The Morgan fingerprint density at radius 1 is 1.28 bits per heavy atom. The first-order chi connectivity index (χ1) is 8.70. The zero-order valence-electron chi connectivity index (χ0n) is 11.0. The molecular weight excluding hydrogens is 230 g/mol. The van der Waals surface area contributed by atoms with E-state index in [2.05, 4.69) is 0 Å². The van der Waals surface area contributed by atoms with E-state index >= 15 is 0 Å². The van der Waals surface area contributed by atoms with Crippen LogP contribution < -0.4 is 15.2 Å². The van der Waals surface area contributed by atoms with E-state index in [1.807, 2.05) is 25.1 Å². The third-order valence-corrected chi connectivity index (χ3v) is 3.18. The summed E-state index contributed by atoms with van der Waals surface area (Å²) in [7, 11) is 1.65. The molecule has 1 aliphatic rings. The van der Waals surface area contributed by atoms with Crippen molar-refractivity contribution in [1.29, 1.82) is 0 Å². The van der Waals surface area contributed by atoms with Crippen LogP contribution in [0.4, 0.5) is 0 Å². The summed E-state index contributed by atoms with van der Waals surface area (Å²) in [5.41, 5.74) is 6.91. The molecule has 0 spiro atoms. The van der Waals surface area contributed by atoms with Gasteiger partial charge in [0.15, 0.2) is 11.5 Å². The molecule has 1 aliphatic heterocycles. The van der Waals surface area contributed by atoms with Gasteiger partial charge in [-0.05, 0) is 24.6 Å². The Morgan fingerprint density at radius 2 is 2.00 bits per heavy atom. The highest BCUT2D eigenvalue weighted by Crippen LogP contribution is 2.31. The van der Waals surface area contributed by atoms with Crippen LogP contribution >= 0.6 is 0 Å². The van der Waals surface area contributed by atoms with Gasteiger partial charge in [-0.25, -0.2) is 0 Å². The molecule has 1 heterocycles. The zero-order chi connectivity index (χ0) is 13.0. The van der Waals surface area contributed by atoms with Crippen LogP contribution in [0, 0.1) is 0 Å². The van der Waals surface area contributed by atoms with Gasteiger partial charge in [0.05, 0.1) is 20.3 Å². The number of hydrogen-bond acceptors (Lipinski definition) is 4. The fourth-order valence-electron chi connectivity index (χ4n) is 2.04. The van der Waals surface area contributed by atoms with Gasteiger partial charge in [0.1, 0.15) is 6.10 Å². The molecule has 0 saturated carbocycles. The van der Waals surface area contributed by atoms with Crippen LogP contribution in [0.3, 0.4) is 0 Å². The molecule has 0 unspecified atom stereocenters. The van der Waals surface area contributed by atoms with Crippen molar-refractivity contribution in [2.75, 3.05) is 20.3 Å². The Morgan fingerprint density at radius 3 is 2.61 bits per heavy atom. The Hall–Kier alpha value is -1.26.